The first-order valence-corrected chi connectivity index (χ1v) is 15.6. The molecule has 4 rings (SSSR count). The fourth-order valence-corrected chi connectivity index (χ4v) is 9.52. The molecule has 4 aliphatic rings. The maximum Gasteiger partial charge on any atom is 0.306 e. The highest BCUT2D eigenvalue weighted by molar-refractivity contribution is 5.69. The molecule has 0 saturated heterocycles. The first-order chi connectivity index (χ1) is 16.7. The van der Waals surface area contributed by atoms with E-state index in [0.717, 1.165) is 67.6 Å². The van der Waals surface area contributed by atoms with Crippen molar-refractivity contribution in [3.63, 3.8) is 0 Å². The molecule has 0 aromatic heterocycles. The lowest BCUT2D eigenvalue weighted by Crippen LogP contribution is -2.51. The summed E-state index contributed by atoms with van der Waals surface area (Å²) in [6.45, 7) is 14.8. The Labute approximate surface area is 217 Å². The summed E-state index contributed by atoms with van der Waals surface area (Å²) in [7, 11) is 0. The molecule has 0 unspecified atom stereocenters. The molecule has 0 aromatic rings. The minimum Gasteiger partial charge on any atom is -0.462 e. The van der Waals surface area contributed by atoms with Crippen LogP contribution in [0.15, 0.2) is 11.6 Å². The molecular formula is C33H56O2. The summed E-state index contributed by atoms with van der Waals surface area (Å²) in [5.41, 5.74) is 2.54. The molecule has 0 heterocycles. The Morgan fingerprint density at radius 1 is 1.00 bits per heavy atom. The number of hydrogen-bond donors (Lipinski definition) is 0. The second kappa shape index (κ2) is 11.3. The molecule has 200 valence electrons. The number of unbranched alkanes of at least 4 members (excludes halogenated alkanes) is 2. The highest BCUT2D eigenvalue weighted by Gasteiger charge is 2.59. The Kier molecular flexibility index (Phi) is 8.80. The number of hydrogen-bond acceptors (Lipinski definition) is 2. The first kappa shape index (κ1) is 27.3. The molecule has 4 aliphatic carbocycles. The average Bonchev–Trinajstić information content (AvgIpc) is 3.16. The third kappa shape index (κ3) is 5.57. The standard InChI is InChI=1S/C33H56O2/c1-7-8-9-13-31(34)35-26-18-20-32(5)25(22-26)14-15-27-29-17-16-28(24(4)12-10-11-23(2)3)33(29,6)21-19-30(27)32/h14,23-24,26-30H,7-13,15-22H2,1-6H3/t24-,26+,27+,28-,29+,30+,32+,33-/m1/s1. The van der Waals surface area contributed by atoms with E-state index in [-0.39, 0.29) is 12.1 Å². The number of rotatable bonds is 10. The Balaban J connectivity index is 1.39. The van der Waals surface area contributed by atoms with Crippen molar-refractivity contribution in [2.75, 3.05) is 0 Å². The van der Waals surface area contributed by atoms with Gasteiger partial charge < -0.3 is 4.74 Å². The SMILES string of the molecule is CCCCCC(=O)O[C@H]1CC[C@@]2(C)C(=CC[C@H]3[C@@H]4CC[C@H]([C@H](C)CCCC(C)C)[C@@]4(C)CC[C@@H]32)C1. The van der Waals surface area contributed by atoms with E-state index >= 15 is 0 Å². The molecule has 3 saturated carbocycles. The summed E-state index contributed by atoms with van der Waals surface area (Å²) in [6.07, 6.45) is 21.2. The van der Waals surface area contributed by atoms with Gasteiger partial charge in [-0.1, -0.05) is 85.3 Å². The van der Waals surface area contributed by atoms with Crippen molar-refractivity contribution in [1.82, 2.24) is 0 Å². The van der Waals surface area contributed by atoms with Crippen molar-refractivity contribution in [3.8, 4) is 0 Å². The van der Waals surface area contributed by atoms with Crippen LogP contribution in [0.5, 0.6) is 0 Å². The number of allylic oxidation sites excluding steroid dienone is 1. The van der Waals surface area contributed by atoms with Crippen molar-refractivity contribution in [1.29, 1.82) is 0 Å². The Hall–Kier alpha value is -0.790. The van der Waals surface area contributed by atoms with Crippen molar-refractivity contribution in [2.24, 2.45) is 46.3 Å². The van der Waals surface area contributed by atoms with Crippen molar-refractivity contribution >= 4 is 5.97 Å². The van der Waals surface area contributed by atoms with E-state index in [1.807, 2.05) is 0 Å². The second-order valence-electron chi connectivity index (χ2n) is 14.1. The highest BCUT2D eigenvalue weighted by Crippen LogP contribution is 2.67. The third-order valence-electron chi connectivity index (χ3n) is 11.5. The number of fused-ring (bicyclic) bond motifs is 5. The van der Waals surface area contributed by atoms with Crippen molar-refractivity contribution in [3.05, 3.63) is 11.6 Å². The van der Waals surface area contributed by atoms with Gasteiger partial charge in [0.1, 0.15) is 6.10 Å². The van der Waals surface area contributed by atoms with E-state index < -0.39 is 0 Å². The van der Waals surface area contributed by atoms with Crippen LogP contribution in [0.4, 0.5) is 0 Å². The van der Waals surface area contributed by atoms with Crippen LogP contribution in [0.25, 0.3) is 0 Å². The first-order valence-electron chi connectivity index (χ1n) is 15.6. The largest absolute Gasteiger partial charge is 0.462 e. The Bertz CT molecular complexity index is 752. The van der Waals surface area contributed by atoms with Crippen LogP contribution < -0.4 is 0 Å². The lowest BCUT2D eigenvalue weighted by Gasteiger charge is -2.58. The predicted octanol–water partition coefficient (Wildman–Crippen LogP) is 9.52. The van der Waals surface area contributed by atoms with Gasteiger partial charge in [-0.05, 0) is 97.7 Å². The quantitative estimate of drug-likeness (QED) is 0.175. The van der Waals surface area contributed by atoms with Crippen molar-refractivity contribution < 1.29 is 9.53 Å². The van der Waals surface area contributed by atoms with Gasteiger partial charge in [0.25, 0.3) is 0 Å². The molecule has 0 amide bonds. The second-order valence-corrected chi connectivity index (χ2v) is 14.1. The number of carbonyl (C=O) groups is 1. The summed E-state index contributed by atoms with van der Waals surface area (Å²) in [6, 6.07) is 0. The summed E-state index contributed by atoms with van der Waals surface area (Å²) >= 11 is 0. The molecule has 0 aromatic carbocycles. The van der Waals surface area contributed by atoms with Crippen LogP contribution in [0.1, 0.15) is 138 Å². The zero-order valence-corrected chi connectivity index (χ0v) is 24.0. The zero-order valence-electron chi connectivity index (χ0n) is 24.0. The maximum absolute atomic E-state index is 12.4. The molecule has 0 spiro atoms. The van der Waals surface area contributed by atoms with Gasteiger partial charge in [-0.15, -0.1) is 0 Å². The monoisotopic (exact) mass is 484 g/mol. The van der Waals surface area contributed by atoms with Crippen LogP contribution in [-0.4, -0.2) is 12.1 Å². The topological polar surface area (TPSA) is 26.3 Å². The lowest BCUT2D eigenvalue weighted by atomic mass is 9.47. The minimum absolute atomic E-state index is 0.0364. The van der Waals surface area contributed by atoms with E-state index in [1.165, 1.54) is 57.8 Å². The molecule has 2 nitrogen and oxygen atoms in total. The summed E-state index contributed by atoms with van der Waals surface area (Å²) in [5, 5.41) is 0. The van der Waals surface area contributed by atoms with Gasteiger partial charge in [0, 0.05) is 12.8 Å². The van der Waals surface area contributed by atoms with Gasteiger partial charge in [-0.3, -0.25) is 4.79 Å². The molecule has 2 heteroatoms. The molecule has 0 N–H and O–H groups in total. The van der Waals surface area contributed by atoms with E-state index in [4.69, 9.17) is 4.74 Å². The molecular weight excluding hydrogens is 428 g/mol. The molecule has 0 radical (unpaired) electrons. The van der Waals surface area contributed by atoms with Gasteiger partial charge in [0.15, 0.2) is 0 Å². The normalized spacial score (nSPS) is 39.4. The van der Waals surface area contributed by atoms with Gasteiger partial charge in [-0.2, -0.15) is 0 Å². The van der Waals surface area contributed by atoms with Gasteiger partial charge in [-0.25, -0.2) is 0 Å². The van der Waals surface area contributed by atoms with Crippen LogP contribution in [0, 0.1) is 46.3 Å². The average molecular weight is 485 g/mol. The van der Waals surface area contributed by atoms with Crippen molar-refractivity contribution in [2.45, 2.75) is 144 Å². The highest BCUT2D eigenvalue weighted by atomic mass is 16.5. The summed E-state index contributed by atoms with van der Waals surface area (Å²) in [4.78, 5) is 12.4. The van der Waals surface area contributed by atoms with Crippen LogP contribution in [0.3, 0.4) is 0 Å². The fourth-order valence-electron chi connectivity index (χ4n) is 9.52. The molecule has 0 bridgehead atoms. The van der Waals surface area contributed by atoms with Gasteiger partial charge >= 0.3 is 5.97 Å². The summed E-state index contributed by atoms with van der Waals surface area (Å²) in [5.74, 6) is 5.33. The van der Waals surface area contributed by atoms with E-state index in [2.05, 4.69) is 47.6 Å². The third-order valence-corrected chi connectivity index (χ3v) is 11.5. The predicted molar refractivity (Wildman–Crippen MR) is 147 cm³/mol. The molecule has 0 aliphatic heterocycles. The maximum atomic E-state index is 12.4. The summed E-state index contributed by atoms with van der Waals surface area (Å²) < 4.78 is 5.96. The minimum atomic E-state index is 0.0364. The number of ether oxygens (including phenoxy) is 1. The van der Waals surface area contributed by atoms with Gasteiger partial charge in [0.2, 0.25) is 0 Å². The molecule has 35 heavy (non-hydrogen) atoms. The Morgan fingerprint density at radius 3 is 2.54 bits per heavy atom. The van der Waals surface area contributed by atoms with E-state index in [1.54, 1.807) is 5.57 Å². The zero-order chi connectivity index (χ0) is 25.2. The molecule has 8 atom stereocenters. The van der Waals surface area contributed by atoms with E-state index in [9.17, 15) is 4.79 Å². The lowest BCUT2D eigenvalue weighted by molar-refractivity contribution is -0.151. The smallest absolute Gasteiger partial charge is 0.306 e. The van der Waals surface area contributed by atoms with Crippen LogP contribution in [0.2, 0.25) is 0 Å². The number of esters is 1. The van der Waals surface area contributed by atoms with Crippen LogP contribution in [-0.2, 0) is 9.53 Å². The fraction of sp³-hybridized carbons (Fsp3) is 0.909. The van der Waals surface area contributed by atoms with Crippen LogP contribution >= 0.6 is 0 Å². The van der Waals surface area contributed by atoms with E-state index in [0.29, 0.717) is 17.3 Å². The number of carbonyl (C=O) groups excluding carboxylic acids is 1. The molecule has 3 fully saturated rings. The Morgan fingerprint density at radius 2 is 1.80 bits per heavy atom. The van der Waals surface area contributed by atoms with Gasteiger partial charge in [0.05, 0.1) is 0 Å².